The van der Waals surface area contributed by atoms with E-state index in [1.165, 1.54) is 27.0 Å². The van der Waals surface area contributed by atoms with Crippen LogP contribution in [0.2, 0.25) is 0 Å². The predicted molar refractivity (Wildman–Crippen MR) is 53.2 cm³/mol. The van der Waals surface area contributed by atoms with E-state index < -0.39 is 0 Å². The first-order valence-electron chi connectivity index (χ1n) is 4.89. The number of nitrogens with two attached hydrogens (primary N) is 1. The Balaban J connectivity index is 0.000000671. The van der Waals surface area contributed by atoms with E-state index >= 15 is 0 Å². The van der Waals surface area contributed by atoms with Crippen molar-refractivity contribution >= 4 is 5.97 Å². The van der Waals surface area contributed by atoms with Crippen molar-refractivity contribution in [2.24, 2.45) is 17.6 Å². The quantitative estimate of drug-likeness (QED) is 0.634. The van der Waals surface area contributed by atoms with Gasteiger partial charge in [-0.1, -0.05) is 6.92 Å². The minimum absolute atomic E-state index is 0.0168. The second kappa shape index (κ2) is 6.89. The van der Waals surface area contributed by atoms with E-state index in [2.05, 4.69) is 17.4 Å². The summed E-state index contributed by atoms with van der Waals surface area (Å²) in [7, 11) is 2.97. The van der Waals surface area contributed by atoms with Crippen LogP contribution in [0.3, 0.4) is 0 Å². The van der Waals surface area contributed by atoms with Gasteiger partial charge in [-0.3, -0.25) is 4.79 Å². The fraction of sp³-hybridized carbons (Fsp3) is 0.900. The van der Waals surface area contributed by atoms with Crippen molar-refractivity contribution in [2.75, 3.05) is 14.2 Å². The minimum Gasteiger partial charge on any atom is -0.469 e. The molecule has 3 heteroatoms. The van der Waals surface area contributed by atoms with Crippen molar-refractivity contribution in [1.82, 2.24) is 0 Å². The van der Waals surface area contributed by atoms with Gasteiger partial charge in [0, 0.05) is 0 Å². The Hall–Kier alpha value is -0.570. The van der Waals surface area contributed by atoms with Crippen LogP contribution in [0.4, 0.5) is 0 Å². The van der Waals surface area contributed by atoms with Crippen molar-refractivity contribution in [3.8, 4) is 0 Å². The lowest BCUT2D eigenvalue weighted by molar-refractivity contribution is -0.146. The third-order valence-corrected chi connectivity index (χ3v) is 2.55. The second-order valence-electron chi connectivity index (χ2n) is 3.48. The van der Waals surface area contributed by atoms with Gasteiger partial charge in [0.15, 0.2) is 0 Å². The molecule has 1 saturated carbocycles. The molecule has 2 N–H and O–H groups in total. The summed E-state index contributed by atoms with van der Waals surface area (Å²) >= 11 is 0. The summed E-state index contributed by atoms with van der Waals surface area (Å²) in [5.41, 5.74) is 4.50. The van der Waals surface area contributed by atoms with E-state index in [1.807, 2.05) is 0 Å². The molecular weight excluding hydrogens is 166 g/mol. The van der Waals surface area contributed by atoms with Crippen LogP contribution in [0.15, 0.2) is 0 Å². The Labute approximate surface area is 80.6 Å². The Kier molecular flexibility index (Phi) is 6.59. The van der Waals surface area contributed by atoms with Crippen molar-refractivity contribution in [1.29, 1.82) is 0 Å². The SMILES string of the molecule is CN.COC(=O)C1CCC(C)CC1. The molecule has 0 aromatic heterocycles. The van der Waals surface area contributed by atoms with Gasteiger partial charge in [0.1, 0.15) is 0 Å². The summed E-state index contributed by atoms with van der Waals surface area (Å²) in [5, 5.41) is 0. The van der Waals surface area contributed by atoms with E-state index in [1.54, 1.807) is 0 Å². The number of esters is 1. The Morgan fingerprint density at radius 3 is 2.08 bits per heavy atom. The minimum atomic E-state index is -0.0168. The van der Waals surface area contributed by atoms with Gasteiger partial charge in [0.2, 0.25) is 0 Å². The summed E-state index contributed by atoms with van der Waals surface area (Å²) < 4.78 is 4.69. The van der Waals surface area contributed by atoms with Gasteiger partial charge in [-0.2, -0.15) is 0 Å². The lowest BCUT2D eigenvalue weighted by Crippen LogP contribution is -2.21. The highest BCUT2D eigenvalue weighted by molar-refractivity contribution is 5.72. The summed E-state index contributed by atoms with van der Waals surface area (Å²) in [6, 6.07) is 0. The van der Waals surface area contributed by atoms with Crippen LogP contribution >= 0.6 is 0 Å². The average Bonchev–Trinajstić information content (AvgIpc) is 2.21. The first-order chi connectivity index (χ1) is 6.24. The molecular formula is C10H21NO2. The summed E-state index contributed by atoms with van der Waals surface area (Å²) in [4.78, 5) is 11.1. The highest BCUT2D eigenvalue weighted by atomic mass is 16.5. The van der Waals surface area contributed by atoms with Crippen LogP contribution in [0, 0.1) is 11.8 Å². The van der Waals surface area contributed by atoms with E-state index in [-0.39, 0.29) is 11.9 Å². The zero-order valence-electron chi connectivity index (χ0n) is 8.88. The molecule has 3 nitrogen and oxygen atoms in total. The smallest absolute Gasteiger partial charge is 0.308 e. The predicted octanol–water partition coefficient (Wildman–Crippen LogP) is 1.56. The highest BCUT2D eigenvalue weighted by Gasteiger charge is 2.24. The number of hydrogen-bond acceptors (Lipinski definition) is 3. The molecule has 0 aromatic rings. The largest absolute Gasteiger partial charge is 0.469 e. The first kappa shape index (κ1) is 12.4. The molecule has 1 rings (SSSR count). The molecule has 0 radical (unpaired) electrons. The molecule has 0 saturated heterocycles. The Bertz CT molecular complexity index is 140. The fourth-order valence-electron chi connectivity index (χ4n) is 1.66. The van der Waals surface area contributed by atoms with Crippen molar-refractivity contribution in [3.05, 3.63) is 0 Å². The molecule has 0 aromatic carbocycles. The van der Waals surface area contributed by atoms with Gasteiger partial charge in [-0.15, -0.1) is 0 Å². The van der Waals surface area contributed by atoms with Gasteiger partial charge in [0.05, 0.1) is 13.0 Å². The number of carbonyl (C=O) groups excluding carboxylic acids is 1. The topological polar surface area (TPSA) is 52.3 Å². The van der Waals surface area contributed by atoms with Crippen LogP contribution in [-0.2, 0) is 9.53 Å². The van der Waals surface area contributed by atoms with Crippen molar-refractivity contribution in [2.45, 2.75) is 32.6 Å². The number of ether oxygens (including phenoxy) is 1. The molecule has 0 atom stereocenters. The van der Waals surface area contributed by atoms with E-state index in [0.717, 1.165) is 18.8 Å². The standard InChI is InChI=1S/C9H16O2.CH5N/c1-7-3-5-8(6-4-7)9(10)11-2;1-2/h7-8H,3-6H2,1-2H3;2H2,1H3. The normalized spacial score (nSPS) is 27.1. The lowest BCUT2D eigenvalue weighted by Gasteiger charge is -2.23. The molecule has 13 heavy (non-hydrogen) atoms. The van der Waals surface area contributed by atoms with E-state index in [9.17, 15) is 4.79 Å². The van der Waals surface area contributed by atoms with Gasteiger partial charge in [0.25, 0.3) is 0 Å². The van der Waals surface area contributed by atoms with Crippen LogP contribution < -0.4 is 5.73 Å². The van der Waals surface area contributed by atoms with Crippen LogP contribution in [-0.4, -0.2) is 20.1 Å². The lowest BCUT2D eigenvalue weighted by atomic mass is 9.83. The number of carbonyl (C=O) groups is 1. The molecule has 0 heterocycles. The maximum absolute atomic E-state index is 11.1. The monoisotopic (exact) mass is 187 g/mol. The molecule has 78 valence electrons. The van der Waals surface area contributed by atoms with Gasteiger partial charge in [-0.05, 0) is 38.6 Å². The van der Waals surface area contributed by atoms with Crippen LogP contribution in [0.1, 0.15) is 32.6 Å². The molecule has 1 aliphatic rings. The summed E-state index contributed by atoms with van der Waals surface area (Å²) in [6.45, 7) is 2.24. The van der Waals surface area contributed by atoms with Crippen LogP contribution in [0.25, 0.3) is 0 Å². The number of methoxy groups -OCH3 is 1. The molecule has 0 unspecified atom stereocenters. The first-order valence-corrected chi connectivity index (χ1v) is 4.89. The molecule has 0 aliphatic heterocycles. The zero-order valence-corrected chi connectivity index (χ0v) is 8.88. The van der Waals surface area contributed by atoms with Crippen molar-refractivity contribution < 1.29 is 9.53 Å². The molecule has 1 fully saturated rings. The van der Waals surface area contributed by atoms with Gasteiger partial charge < -0.3 is 10.5 Å². The number of hydrogen-bond donors (Lipinski definition) is 1. The number of rotatable bonds is 1. The third-order valence-electron chi connectivity index (χ3n) is 2.55. The van der Waals surface area contributed by atoms with E-state index in [0.29, 0.717) is 0 Å². The van der Waals surface area contributed by atoms with Gasteiger partial charge >= 0.3 is 5.97 Å². The molecule has 0 amide bonds. The third kappa shape index (κ3) is 4.27. The van der Waals surface area contributed by atoms with Crippen LogP contribution in [0.5, 0.6) is 0 Å². The zero-order chi connectivity index (χ0) is 10.3. The fourth-order valence-corrected chi connectivity index (χ4v) is 1.66. The maximum Gasteiger partial charge on any atom is 0.308 e. The molecule has 1 aliphatic carbocycles. The second-order valence-corrected chi connectivity index (χ2v) is 3.48. The Morgan fingerprint density at radius 2 is 1.69 bits per heavy atom. The molecule has 0 bridgehead atoms. The summed E-state index contributed by atoms with van der Waals surface area (Å²) in [5.74, 6) is 0.976. The average molecular weight is 187 g/mol. The Morgan fingerprint density at radius 1 is 1.23 bits per heavy atom. The van der Waals surface area contributed by atoms with E-state index in [4.69, 9.17) is 0 Å². The molecule has 0 spiro atoms. The maximum atomic E-state index is 11.1. The van der Waals surface area contributed by atoms with Crippen molar-refractivity contribution in [3.63, 3.8) is 0 Å². The van der Waals surface area contributed by atoms with Gasteiger partial charge in [-0.25, -0.2) is 0 Å². The summed E-state index contributed by atoms with van der Waals surface area (Å²) in [6.07, 6.45) is 4.40. The highest BCUT2D eigenvalue weighted by Crippen LogP contribution is 2.28.